The fraction of sp³-hybridized carbons (Fsp3) is 0.350. The van der Waals surface area contributed by atoms with Gasteiger partial charge in [-0.25, -0.2) is 17.1 Å². The van der Waals surface area contributed by atoms with E-state index in [9.17, 15) is 17.6 Å². The van der Waals surface area contributed by atoms with Crippen LogP contribution in [-0.2, 0) is 20.6 Å². The fourth-order valence-electron chi connectivity index (χ4n) is 3.26. The van der Waals surface area contributed by atoms with Crippen LogP contribution in [0.3, 0.4) is 0 Å². The van der Waals surface area contributed by atoms with Crippen LogP contribution >= 0.6 is 0 Å². The standard InChI is InChI=1S/C20H23FN2O3S/c1-15-4-2-6-19(12-15)22-20(24)17-5-3-11-23(13-17)27(25,26)14-16-7-9-18(21)10-8-16/h2,4,6-10,12,17H,3,5,11,13-14H2,1H3,(H,22,24)/t17-/m1/s1. The number of benzene rings is 2. The molecule has 1 heterocycles. The molecule has 1 aliphatic rings. The number of halogens is 1. The van der Waals surface area contributed by atoms with Gasteiger partial charge in [-0.15, -0.1) is 0 Å². The number of sulfonamides is 1. The van der Waals surface area contributed by atoms with Crippen LogP contribution in [0.4, 0.5) is 10.1 Å². The van der Waals surface area contributed by atoms with Crippen molar-refractivity contribution in [2.75, 3.05) is 18.4 Å². The second-order valence-electron chi connectivity index (χ2n) is 6.94. The van der Waals surface area contributed by atoms with E-state index in [0.717, 1.165) is 5.56 Å². The number of amides is 1. The van der Waals surface area contributed by atoms with Gasteiger partial charge in [0.25, 0.3) is 0 Å². The van der Waals surface area contributed by atoms with Gasteiger partial charge in [-0.05, 0) is 55.2 Å². The number of nitrogens with one attached hydrogen (secondary N) is 1. The maximum absolute atomic E-state index is 13.0. The summed E-state index contributed by atoms with van der Waals surface area (Å²) in [4.78, 5) is 12.6. The van der Waals surface area contributed by atoms with Gasteiger partial charge in [0, 0.05) is 18.8 Å². The van der Waals surface area contributed by atoms with E-state index >= 15 is 0 Å². The number of carbonyl (C=O) groups excluding carboxylic acids is 1. The van der Waals surface area contributed by atoms with Gasteiger partial charge >= 0.3 is 0 Å². The summed E-state index contributed by atoms with van der Waals surface area (Å²) < 4.78 is 39.8. The van der Waals surface area contributed by atoms with Crippen molar-refractivity contribution in [3.8, 4) is 0 Å². The van der Waals surface area contributed by atoms with E-state index in [2.05, 4.69) is 5.32 Å². The Balaban J connectivity index is 1.65. The molecule has 0 radical (unpaired) electrons. The number of hydrogen-bond donors (Lipinski definition) is 1. The summed E-state index contributed by atoms with van der Waals surface area (Å²) in [7, 11) is -3.56. The van der Waals surface area contributed by atoms with E-state index in [4.69, 9.17) is 0 Å². The molecule has 2 aromatic carbocycles. The van der Waals surface area contributed by atoms with Crippen molar-refractivity contribution in [2.24, 2.45) is 5.92 Å². The van der Waals surface area contributed by atoms with E-state index in [0.29, 0.717) is 30.6 Å². The van der Waals surface area contributed by atoms with Crippen LogP contribution in [0.5, 0.6) is 0 Å². The van der Waals surface area contributed by atoms with Crippen LogP contribution in [0, 0.1) is 18.7 Å². The molecule has 0 bridgehead atoms. The van der Waals surface area contributed by atoms with E-state index < -0.39 is 15.8 Å². The summed E-state index contributed by atoms with van der Waals surface area (Å²) in [5.74, 6) is -1.15. The zero-order valence-electron chi connectivity index (χ0n) is 15.2. The molecule has 5 nitrogen and oxygen atoms in total. The summed E-state index contributed by atoms with van der Waals surface area (Å²) >= 11 is 0. The van der Waals surface area contributed by atoms with Gasteiger partial charge in [-0.2, -0.15) is 0 Å². The topological polar surface area (TPSA) is 66.5 Å². The van der Waals surface area contributed by atoms with Crippen molar-refractivity contribution < 1.29 is 17.6 Å². The van der Waals surface area contributed by atoms with E-state index in [1.54, 1.807) is 0 Å². The first-order chi connectivity index (χ1) is 12.8. The summed E-state index contributed by atoms with van der Waals surface area (Å²) in [6, 6.07) is 12.9. The molecule has 1 aliphatic heterocycles. The van der Waals surface area contributed by atoms with Gasteiger partial charge in [0.2, 0.25) is 15.9 Å². The monoisotopic (exact) mass is 390 g/mol. The van der Waals surface area contributed by atoms with Gasteiger partial charge in [0.1, 0.15) is 5.82 Å². The Kier molecular flexibility index (Phi) is 5.92. The molecule has 2 aromatic rings. The van der Waals surface area contributed by atoms with Crippen molar-refractivity contribution in [3.05, 3.63) is 65.5 Å². The third kappa shape index (κ3) is 5.14. The van der Waals surface area contributed by atoms with Gasteiger partial charge in [0.05, 0.1) is 11.7 Å². The van der Waals surface area contributed by atoms with Crippen molar-refractivity contribution in [1.29, 1.82) is 0 Å². The molecule has 0 unspecified atom stereocenters. The normalized spacial score (nSPS) is 18.2. The lowest BCUT2D eigenvalue weighted by atomic mass is 9.98. The van der Waals surface area contributed by atoms with Gasteiger partial charge < -0.3 is 5.32 Å². The van der Waals surface area contributed by atoms with Crippen LogP contribution in [0.15, 0.2) is 48.5 Å². The number of hydrogen-bond acceptors (Lipinski definition) is 3. The fourth-order valence-corrected chi connectivity index (χ4v) is 4.87. The summed E-state index contributed by atoms with van der Waals surface area (Å²) in [5, 5.41) is 2.88. The molecule has 0 aliphatic carbocycles. The Labute approximate surface area is 159 Å². The molecule has 0 saturated carbocycles. The second-order valence-corrected chi connectivity index (χ2v) is 8.91. The second kappa shape index (κ2) is 8.19. The molecule has 1 N–H and O–H groups in total. The molecule has 0 spiro atoms. The maximum Gasteiger partial charge on any atom is 0.228 e. The predicted octanol–water partition coefficient (Wildman–Crippen LogP) is 3.31. The summed E-state index contributed by atoms with van der Waals surface area (Å²) in [6.07, 6.45) is 1.29. The minimum absolute atomic E-state index is 0.165. The van der Waals surface area contributed by atoms with E-state index in [-0.39, 0.29) is 24.1 Å². The SMILES string of the molecule is Cc1cccc(NC(=O)[C@@H]2CCCN(S(=O)(=O)Cc3ccc(F)cc3)C2)c1. The van der Waals surface area contributed by atoms with Crippen molar-refractivity contribution in [3.63, 3.8) is 0 Å². The average Bonchev–Trinajstić information content (AvgIpc) is 2.63. The third-order valence-corrected chi connectivity index (χ3v) is 6.51. The number of piperidine rings is 1. The number of aryl methyl sites for hydroxylation is 1. The highest BCUT2D eigenvalue weighted by Gasteiger charge is 2.32. The number of carbonyl (C=O) groups is 1. The molecule has 0 aromatic heterocycles. The maximum atomic E-state index is 13.0. The van der Waals surface area contributed by atoms with Crippen LogP contribution in [0.2, 0.25) is 0 Å². The van der Waals surface area contributed by atoms with Crippen LogP contribution in [0.25, 0.3) is 0 Å². The lowest BCUT2D eigenvalue weighted by molar-refractivity contribution is -0.120. The predicted molar refractivity (Wildman–Crippen MR) is 103 cm³/mol. The Morgan fingerprint density at radius 3 is 2.67 bits per heavy atom. The van der Waals surface area contributed by atoms with Crippen LogP contribution < -0.4 is 5.32 Å². The highest BCUT2D eigenvalue weighted by atomic mass is 32.2. The third-order valence-electron chi connectivity index (χ3n) is 4.70. The summed E-state index contributed by atoms with van der Waals surface area (Å²) in [6.45, 7) is 2.51. The van der Waals surface area contributed by atoms with Crippen molar-refractivity contribution >= 4 is 21.6 Å². The van der Waals surface area contributed by atoms with E-state index in [1.807, 2.05) is 31.2 Å². The first-order valence-electron chi connectivity index (χ1n) is 8.93. The highest BCUT2D eigenvalue weighted by molar-refractivity contribution is 7.88. The minimum Gasteiger partial charge on any atom is -0.326 e. The summed E-state index contributed by atoms with van der Waals surface area (Å²) in [5.41, 5.74) is 2.29. The highest BCUT2D eigenvalue weighted by Crippen LogP contribution is 2.23. The molecule has 1 atom stereocenters. The van der Waals surface area contributed by atoms with Gasteiger partial charge in [-0.1, -0.05) is 24.3 Å². The molecular weight excluding hydrogens is 367 g/mol. The number of nitrogens with zero attached hydrogens (tertiary/aromatic N) is 1. The lowest BCUT2D eigenvalue weighted by Crippen LogP contribution is -2.44. The lowest BCUT2D eigenvalue weighted by Gasteiger charge is -2.31. The van der Waals surface area contributed by atoms with Gasteiger partial charge in [-0.3, -0.25) is 4.79 Å². The molecule has 1 saturated heterocycles. The molecule has 27 heavy (non-hydrogen) atoms. The first-order valence-corrected chi connectivity index (χ1v) is 10.5. The number of anilines is 1. The molecule has 1 amide bonds. The molecular formula is C20H23FN2O3S. The van der Waals surface area contributed by atoms with E-state index in [1.165, 1.54) is 28.6 Å². The molecule has 1 fully saturated rings. The Morgan fingerprint density at radius 1 is 1.22 bits per heavy atom. The van der Waals surface area contributed by atoms with Crippen molar-refractivity contribution in [2.45, 2.75) is 25.5 Å². The molecule has 7 heteroatoms. The molecule has 3 rings (SSSR count). The number of rotatable bonds is 5. The first kappa shape index (κ1) is 19.5. The minimum atomic E-state index is -3.56. The smallest absolute Gasteiger partial charge is 0.228 e. The Bertz CT molecular complexity index is 913. The van der Waals surface area contributed by atoms with Crippen molar-refractivity contribution in [1.82, 2.24) is 4.31 Å². The zero-order valence-corrected chi connectivity index (χ0v) is 16.0. The quantitative estimate of drug-likeness (QED) is 0.852. The average molecular weight is 390 g/mol. The Morgan fingerprint density at radius 2 is 1.96 bits per heavy atom. The van der Waals surface area contributed by atoms with Gasteiger partial charge in [0.15, 0.2) is 0 Å². The Hall–Kier alpha value is -2.25. The largest absolute Gasteiger partial charge is 0.326 e. The van der Waals surface area contributed by atoms with Crippen LogP contribution in [0.1, 0.15) is 24.0 Å². The van der Waals surface area contributed by atoms with Crippen LogP contribution in [-0.4, -0.2) is 31.7 Å². The molecule has 144 valence electrons. The zero-order chi connectivity index (χ0) is 19.4.